The molecule has 4 heteroatoms. The fourth-order valence-electron chi connectivity index (χ4n) is 1.43. The molecule has 0 atom stereocenters. The van der Waals surface area contributed by atoms with Gasteiger partial charge in [0.05, 0.1) is 5.69 Å². The molecule has 82 valence electrons. The van der Waals surface area contributed by atoms with Crippen LogP contribution >= 0.6 is 0 Å². The zero-order valence-corrected chi connectivity index (χ0v) is 9.03. The zero-order chi connectivity index (χ0) is 11.4. The number of aromatic nitrogens is 2. The van der Waals surface area contributed by atoms with Crippen molar-refractivity contribution in [1.29, 1.82) is 0 Å². The van der Waals surface area contributed by atoms with E-state index in [1.54, 1.807) is 6.20 Å². The van der Waals surface area contributed by atoms with Gasteiger partial charge < -0.3 is 5.32 Å². The van der Waals surface area contributed by atoms with E-state index in [2.05, 4.69) is 15.5 Å². The summed E-state index contributed by atoms with van der Waals surface area (Å²) in [5.74, 6) is 0.0155. The number of nitrogens with zero attached hydrogens (tertiary/aromatic N) is 1. The maximum absolute atomic E-state index is 11.2. The molecule has 16 heavy (non-hydrogen) atoms. The summed E-state index contributed by atoms with van der Waals surface area (Å²) >= 11 is 0. The van der Waals surface area contributed by atoms with Crippen LogP contribution in [0.5, 0.6) is 0 Å². The quantitative estimate of drug-likeness (QED) is 0.826. The molecule has 1 heterocycles. The summed E-state index contributed by atoms with van der Waals surface area (Å²) in [4.78, 5) is 11.2. The van der Waals surface area contributed by atoms with Gasteiger partial charge in [-0.25, -0.2) is 0 Å². The minimum absolute atomic E-state index is 0.0155. The van der Waals surface area contributed by atoms with Gasteiger partial charge in [-0.3, -0.25) is 9.89 Å². The molecular formula is C12H13N3O. The third kappa shape index (κ3) is 2.28. The minimum Gasteiger partial charge on any atom is -0.326 e. The zero-order valence-electron chi connectivity index (χ0n) is 9.03. The molecule has 0 spiro atoms. The Hall–Kier alpha value is -2.10. The van der Waals surface area contributed by atoms with Gasteiger partial charge >= 0.3 is 0 Å². The predicted molar refractivity (Wildman–Crippen MR) is 62.9 cm³/mol. The van der Waals surface area contributed by atoms with E-state index >= 15 is 0 Å². The molecule has 0 saturated carbocycles. The number of anilines is 1. The van der Waals surface area contributed by atoms with Crippen molar-refractivity contribution in [3.05, 3.63) is 36.5 Å². The number of hydrogen-bond donors (Lipinski definition) is 2. The maximum Gasteiger partial charge on any atom is 0.224 e. The molecule has 0 aliphatic rings. The number of aromatic amines is 1. The Morgan fingerprint density at radius 1 is 1.44 bits per heavy atom. The third-order valence-corrected chi connectivity index (χ3v) is 2.28. The molecule has 1 amide bonds. The van der Waals surface area contributed by atoms with E-state index in [-0.39, 0.29) is 5.91 Å². The largest absolute Gasteiger partial charge is 0.326 e. The first-order chi connectivity index (χ1) is 7.79. The van der Waals surface area contributed by atoms with Crippen LogP contribution in [-0.2, 0) is 4.79 Å². The predicted octanol–water partition coefficient (Wildman–Crippen LogP) is 2.43. The van der Waals surface area contributed by atoms with Gasteiger partial charge in [-0.05, 0) is 18.2 Å². The van der Waals surface area contributed by atoms with Crippen molar-refractivity contribution >= 4 is 11.6 Å². The number of carbonyl (C=O) groups excluding carboxylic acids is 1. The summed E-state index contributed by atoms with van der Waals surface area (Å²) < 4.78 is 0. The van der Waals surface area contributed by atoms with Crippen LogP contribution in [0, 0.1) is 0 Å². The van der Waals surface area contributed by atoms with E-state index in [9.17, 15) is 4.79 Å². The summed E-state index contributed by atoms with van der Waals surface area (Å²) in [5, 5.41) is 9.60. The van der Waals surface area contributed by atoms with Crippen molar-refractivity contribution in [3.63, 3.8) is 0 Å². The molecule has 0 saturated heterocycles. The molecule has 2 aromatic rings. The van der Waals surface area contributed by atoms with Crippen molar-refractivity contribution in [3.8, 4) is 11.3 Å². The van der Waals surface area contributed by atoms with Gasteiger partial charge in [0.2, 0.25) is 5.91 Å². The molecule has 0 fully saturated rings. The van der Waals surface area contributed by atoms with Crippen LogP contribution in [0.25, 0.3) is 11.3 Å². The Morgan fingerprint density at radius 2 is 2.31 bits per heavy atom. The standard InChI is InChI=1S/C12H13N3O/c1-2-12(16)14-10-5-3-4-9(8-10)11-6-7-13-15-11/h3-8H,2H2,1H3,(H,13,15)(H,14,16). The van der Waals surface area contributed by atoms with Gasteiger partial charge in [0.15, 0.2) is 0 Å². The molecule has 0 aliphatic heterocycles. The highest BCUT2D eigenvalue weighted by molar-refractivity contribution is 5.91. The van der Waals surface area contributed by atoms with E-state index in [0.717, 1.165) is 16.9 Å². The van der Waals surface area contributed by atoms with E-state index < -0.39 is 0 Å². The van der Waals surface area contributed by atoms with Crippen molar-refractivity contribution in [2.45, 2.75) is 13.3 Å². The van der Waals surface area contributed by atoms with E-state index in [0.29, 0.717) is 6.42 Å². The third-order valence-electron chi connectivity index (χ3n) is 2.28. The van der Waals surface area contributed by atoms with Crippen molar-refractivity contribution < 1.29 is 4.79 Å². The second-order valence-corrected chi connectivity index (χ2v) is 3.45. The van der Waals surface area contributed by atoms with Gasteiger partial charge in [0, 0.05) is 23.9 Å². The number of nitrogens with one attached hydrogen (secondary N) is 2. The molecule has 2 rings (SSSR count). The van der Waals surface area contributed by atoms with Crippen LogP contribution in [0.4, 0.5) is 5.69 Å². The smallest absolute Gasteiger partial charge is 0.224 e. The summed E-state index contributed by atoms with van der Waals surface area (Å²) in [7, 11) is 0. The van der Waals surface area contributed by atoms with E-state index in [1.807, 2.05) is 37.3 Å². The lowest BCUT2D eigenvalue weighted by Gasteiger charge is -2.05. The Kier molecular flexibility index (Phi) is 3.00. The number of H-pyrrole nitrogens is 1. The Labute approximate surface area is 93.7 Å². The van der Waals surface area contributed by atoms with Crippen LogP contribution in [0.1, 0.15) is 13.3 Å². The lowest BCUT2D eigenvalue weighted by molar-refractivity contribution is -0.115. The highest BCUT2D eigenvalue weighted by Crippen LogP contribution is 2.20. The Morgan fingerprint density at radius 3 is 3.00 bits per heavy atom. The molecule has 0 radical (unpaired) electrons. The first-order valence-electron chi connectivity index (χ1n) is 5.19. The van der Waals surface area contributed by atoms with Crippen LogP contribution < -0.4 is 5.32 Å². The van der Waals surface area contributed by atoms with Crippen LogP contribution in [0.2, 0.25) is 0 Å². The number of benzene rings is 1. The van der Waals surface area contributed by atoms with Crippen LogP contribution in [0.15, 0.2) is 36.5 Å². The average Bonchev–Trinajstić information content (AvgIpc) is 2.83. The molecule has 0 unspecified atom stereocenters. The summed E-state index contributed by atoms with van der Waals surface area (Å²) in [6, 6.07) is 9.55. The lowest BCUT2D eigenvalue weighted by atomic mass is 10.1. The van der Waals surface area contributed by atoms with Gasteiger partial charge in [0.25, 0.3) is 0 Å². The normalized spacial score (nSPS) is 10.1. The first kappa shape index (κ1) is 10.4. The molecule has 0 aliphatic carbocycles. The topological polar surface area (TPSA) is 57.8 Å². The molecule has 1 aromatic heterocycles. The lowest BCUT2D eigenvalue weighted by Crippen LogP contribution is -2.09. The fraction of sp³-hybridized carbons (Fsp3) is 0.167. The van der Waals surface area contributed by atoms with Gasteiger partial charge in [-0.2, -0.15) is 5.10 Å². The monoisotopic (exact) mass is 215 g/mol. The number of amides is 1. The number of rotatable bonds is 3. The fourth-order valence-corrected chi connectivity index (χ4v) is 1.43. The number of hydrogen-bond acceptors (Lipinski definition) is 2. The summed E-state index contributed by atoms with van der Waals surface area (Å²) in [6.07, 6.45) is 2.18. The molecule has 1 aromatic carbocycles. The summed E-state index contributed by atoms with van der Waals surface area (Å²) in [5.41, 5.74) is 2.75. The molecule has 2 N–H and O–H groups in total. The Balaban J connectivity index is 2.23. The van der Waals surface area contributed by atoms with Gasteiger partial charge in [0.1, 0.15) is 0 Å². The van der Waals surface area contributed by atoms with Crippen LogP contribution in [-0.4, -0.2) is 16.1 Å². The second-order valence-electron chi connectivity index (χ2n) is 3.45. The number of carbonyl (C=O) groups is 1. The van der Waals surface area contributed by atoms with Gasteiger partial charge in [-0.15, -0.1) is 0 Å². The molecular weight excluding hydrogens is 202 g/mol. The molecule has 0 bridgehead atoms. The Bertz CT molecular complexity index is 477. The minimum atomic E-state index is 0.0155. The highest BCUT2D eigenvalue weighted by atomic mass is 16.1. The second kappa shape index (κ2) is 4.61. The SMILES string of the molecule is CCC(=O)Nc1cccc(-c2ccn[nH]2)c1. The van der Waals surface area contributed by atoms with E-state index in [4.69, 9.17) is 0 Å². The van der Waals surface area contributed by atoms with Crippen molar-refractivity contribution in [2.75, 3.05) is 5.32 Å². The van der Waals surface area contributed by atoms with Gasteiger partial charge in [-0.1, -0.05) is 19.1 Å². The average molecular weight is 215 g/mol. The first-order valence-corrected chi connectivity index (χ1v) is 5.19. The van der Waals surface area contributed by atoms with E-state index in [1.165, 1.54) is 0 Å². The maximum atomic E-state index is 11.2. The van der Waals surface area contributed by atoms with Crippen molar-refractivity contribution in [1.82, 2.24) is 10.2 Å². The molecule has 4 nitrogen and oxygen atoms in total. The van der Waals surface area contributed by atoms with Crippen LogP contribution in [0.3, 0.4) is 0 Å². The van der Waals surface area contributed by atoms with Crippen molar-refractivity contribution in [2.24, 2.45) is 0 Å². The summed E-state index contributed by atoms with van der Waals surface area (Å²) in [6.45, 7) is 1.83. The highest BCUT2D eigenvalue weighted by Gasteiger charge is 2.02.